The molecule has 0 bridgehead atoms. The molecule has 3 amide bonds. The molecule has 26 heavy (non-hydrogen) atoms. The largest absolute Gasteiger partial charge is 0.347 e. The second-order valence-electron chi connectivity index (χ2n) is 6.77. The first kappa shape index (κ1) is 20.4. The van der Waals surface area contributed by atoms with Crippen molar-refractivity contribution < 1.29 is 14.4 Å². The summed E-state index contributed by atoms with van der Waals surface area (Å²) in [6.45, 7) is 1.66. The number of hydrogen-bond acceptors (Lipinski definition) is 3. The van der Waals surface area contributed by atoms with Crippen LogP contribution in [-0.4, -0.2) is 30.8 Å². The van der Waals surface area contributed by atoms with E-state index in [2.05, 4.69) is 31.9 Å². The van der Waals surface area contributed by atoms with E-state index in [1.165, 1.54) is 19.3 Å². The Labute approximate surface area is 162 Å². The lowest BCUT2D eigenvalue weighted by Crippen LogP contribution is -2.40. The van der Waals surface area contributed by atoms with E-state index in [-0.39, 0.29) is 30.8 Å². The minimum atomic E-state index is -0.371. The van der Waals surface area contributed by atoms with E-state index in [9.17, 15) is 14.4 Å². The van der Waals surface area contributed by atoms with Crippen LogP contribution in [0.2, 0.25) is 0 Å². The molecule has 0 heterocycles. The third kappa shape index (κ3) is 7.15. The van der Waals surface area contributed by atoms with Crippen molar-refractivity contribution in [3.63, 3.8) is 0 Å². The molecule has 0 saturated heterocycles. The maximum atomic E-state index is 11.9. The van der Waals surface area contributed by atoms with Crippen LogP contribution in [-0.2, 0) is 14.4 Å². The van der Waals surface area contributed by atoms with Crippen molar-refractivity contribution in [1.82, 2.24) is 10.6 Å². The summed E-state index contributed by atoms with van der Waals surface area (Å²) in [4.78, 5) is 35.6. The Hall–Kier alpha value is -1.89. The highest BCUT2D eigenvalue weighted by Crippen LogP contribution is 2.26. The number of rotatable bonds is 7. The average Bonchev–Trinajstić information content (AvgIpc) is 2.61. The zero-order valence-electron chi connectivity index (χ0n) is 15.1. The quantitative estimate of drug-likeness (QED) is 0.629. The smallest absolute Gasteiger partial charge is 0.243 e. The van der Waals surface area contributed by atoms with Crippen LogP contribution in [0.4, 0.5) is 5.69 Å². The molecule has 0 radical (unpaired) electrons. The SMILES string of the molecule is Cc1cc(Br)ccc1NC(=O)CNC(=O)CNC(=O)CC1CCCCC1. The van der Waals surface area contributed by atoms with E-state index in [1.807, 2.05) is 19.1 Å². The number of anilines is 1. The molecular formula is C19H26BrN3O3. The van der Waals surface area contributed by atoms with E-state index >= 15 is 0 Å². The van der Waals surface area contributed by atoms with Gasteiger partial charge in [-0.15, -0.1) is 0 Å². The third-order valence-electron chi connectivity index (χ3n) is 4.55. The Morgan fingerprint density at radius 3 is 2.35 bits per heavy atom. The fraction of sp³-hybridized carbons (Fsp3) is 0.526. The molecule has 3 N–H and O–H groups in total. The fourth-order valence-corrected chi connectivity index (χ4v) is 3.58. The molecule has 0 atom stereocenters. The highest BCUT2D eigenvalue weighted by molar-refractivity contribution is 9.10. The number of halogens is 1. The number of carbonyl (C=O) groups is 3. The van der Waals surface area contributed by atoms with Gasteiger partial charge in [-0.25, -0.2) is 0 Å². The van der Waals surface area contributed by atoms with Gasteiger partial charge in [0.25, 0.3) is 0 Å². The van der Waals surface area contributed by atoms with E-state index in [0.29, 0.717) is 18.0 Å². The van der Waals surface area contributed by atoms with Crippen LogP contribution in [0.25, 0.3) is 0 Å². The van der Waals surface area contributed by atoms with Gasteiger partial charge in [-0.2, -0.15) is 0 Å². The minimum absolute atomic E-state index is 0.0954. The topological polar surface area (TPSA) is 87.3 Å². The van der Waals surface area contributed by atoms with E-state index in [1.54, 1.807) is 6.07 Å². The zero-order valence-corrected chi connectivity index (χ0v) is 16.7. The molecule has 1 aromatic rings. The summed E-state index contributed by atoms with van der Waals surface area (Å²) in [6, 6.07) is 5.53. The molecule has 0 unspecified atom stereocenters. The highest BCUT2D eigenvalue weighted by Gasteiger charge is 2.17. The number of amides is 3. The van der Waals surface area contributed by atoms with Gasteiger partial charge in [-0.05, 0) is 49.4 Å². The summed E-state index contributed by atoms with van der Waals surface area (Å²) in [5.74, 6) is -0.337. The van der Waals surface area contributed by atoms with Gasteiger partial charge >= 0.3 is 0 Å². The molecule has 142 valence electrons. The third-order valence-corrected chi connectivity index (χ3v) is 5.05. The predicted molar refractivity (Wildman–Crippen MR) is 105 cm³/mol. The molecule has 1 fully saturated rings. The monoisotopic (exact) mass is 423 g/mol. The van der Waals surface area contributed by atoms with Gasteiger partial charge in [0.1, 0.15) is 0 Å². The predicted octanol–water partition coefficient (Wildman–Crippen LogP) is 2.90. The Morgan fingerprint density at radius 1 is 1.00 bits per heavy atom. The Balaban J connectivity index is 1.64. The van der Waals surface area contributed by atoms with Crippen molar-refractivity contribution in [3.05, 3.63) is 28.2 Å². The van der Waals surface area contributed by atoms with Crippen molar-refractivity contribution in [1.29, 1.82) is 0 Å². The molecule has 1 saturated carbocycles. The van der Waals surface area contributed by atoms with Gasteiger partial charge in [-0.3, -0.25) is 14.4 Å². The molecule has 7 heteroatoms. The summed E-state index contributed by atoms with van der Waals surface area (Å²) >= 11 is 3.37. The minimum Gasteiger partial charge on any atom is -0.347 e. The van der Waals surface area contributed by atoms with Crippen molar-refractivity contribution in [2.75, 3.05) is 18.4 Å². The molecule has 0 aliphatic heterocycles. The van der Waals surface area contributed by atoms with Crippen LogP contribution < -0.4 is 16.0 Å². The fourth-order valence-electron chi connectivity index (χ4n) is 3.11. The summed E-state index contributed by atoms with van der Waals surface area (Å²) in [6.07, 6.45) is 6.29. The standard InChI is InChI=1S/C19H26BrN3O3/c1-13-9-15(20)7-8-16(13)23-19(26)12-22-18(25)11-21-17(24)10-14-5-3-2-4-6-14/h7-9,14H,2-6,10-12H2,1H3,(H,21,24)(H,22,25)(H,23,26). The van der Waals surface area contributed by atoms with Gasteiger partial charge in [-0.1, -0.05) is 35.2 Å². The number of carbonyl (C=O) groups excluding carboxylic acids is 3. The van der Waals surface area contributed by atoms with E-state index in [0.717, 1.165) is 22.9 Å². The summed E-state index contributed by atoms with van der Waals surface area (Å²) < 4.78 is 0.935. The van der Waals surface area contributed by atoms with Gasteiger partial charge in [0.05, 0.1) is 13.1 Å². The van der Waals surface area contributed by atoms with Crippen LogP contribution in [0.5, 0.6) is 0 Å². The van der Waals surface area contributed by atoms with Crippen LogP contribution in [0.15, 0.2) is 22.7 Å². The summed E-state index contributed by atoms with van der Waals surface area (Å²) in [7, 11) is 0. The number of nitrogens with one attached hydrogen (secondary N) is 3. The molecule has 0 aromatic heterocycles. The number of hydrogen-bond donors (Lipinski definition) is 3. The van der Waals surface area contributed by atoms with Crippen LogP contribution in [0.1, 0.15) is 44.1 Å². The number of benzene rings is 1. The molecule has 1 aliphatic carbocycles. The van der Waals surface area contributed by atoms with Gasteiger partial charge in [0.15, 0.2) is 0 Å². The van der Waals surface area contributed by atoms with Gasteiger partial charge in [0, 0.05) is 16.6 Å². The second kappa shape index (κ2) is 10.3. The van der Waals surface area contributed by atoms with Crippen molar-refractivity contribution in [2.24, 2.45) is 5.92 Å². The molecule has 1 aromatic carbocycles. The van der Waals surface area contributed by atoms with Crippen LogP contribution in [0, 0.1) is 12.8 Å². The van der Waals surface area contributed by atoms with Crippen molar-refractivity contribution in [2.45, 2.75) is 45.4 Å². The van der Waals surface area contributed by atoms with Crippen molar-refractivity contribution >= 4 is 39.3 Å². The first-order valence-corrected chi connectivity index (χ1v) is 9.82. The first-order valence-electron chi connectivity index (χ1n) is 9.03. The van der Waals surface area contributed by atoms with Gasteiger partial charge in [0.2, 0.25) is 17.7 Å². The lowest BCUT2D eigenvalue weighted by molar-refractivity contribution is -0.127. The van der Waals surface area contributed by atoms with Crippen LogP contribution in [0.3, 0.4) is 0 Å². The van der Waals surface area contributed by atoms with Gasteiger partial charge < -0.3 is 16.0 Å². The highest BCUT2D eigenvalue weighted by atomic mass is 79.9. The molecular weight excluding hydrogens is 398 g/mol. The lowest BCUT2D eigenvalue weighted by Gasteiger charge is -2.20. The summed E-state index contributed by atoms with van der Waals surface area (Å²) in [5.41, 5.74) is 1.63. The lowest BCUT2D eigenvalue weighted by atomic mass is 9.87. The maximum Gasteiger partial charge on any atom is 0.243 e. The molecule has 6 nitrogen and oxygen atoms in total. The maximum absolute atomic E-state index is 11.9. The van der Waals surface area contributed by atoms with Crippen molar-refractivity contribution in [3.8, 4) is 0 Å². The summed E-state index contributed by atoms with van der Waals surface area (Å²) in [5, 5.41) is 7.90. The number of aryl methyl sites for hydroxylation is 1. The van der Waals surface area contributed by atoms with E-state index in [4.69, 9.17) is 0 Å². The second-order valence-corrected chi connectivity index (χ2v) is 7.68. The first-order chi connectivity index (χ1) is 12.4. The zero-order chi connectivity index (χ0) is 18.9. The average molecular weight is 424 g/mol. The van der Waals surface area contributed by atoms with E-state index < -0.39 is 0 Å². The Kier molecular flexibility index (Phi) is 8.09. The normalized spacial score (nSPS) is 14.5. The Morgan fingerprint density at radius 2 is 1.65 bits per heavy atom. The molecule has 0 spiro atoms. The van der Waals surface area contributed by atoms with Crippen LogP contribution >= 0.6 is 15.9 Å². The molecule has 2 rings (SSSR count). The molecule has 1 aliphatic rings. The Bertz CT molecular complexity index is 657.